The van der Waals surface area contributed by atoms with Crippen molar-refractivity contribution in [1.82, 2.24) is 16.0 Å². The van der Waals surface area contributed by atoms with Gasteiger partial charge in [0.1, 0.15) is 0 Å². The van der Waals surface area contributed by atoms with E-state index in [2.05, 4.69) is 32.4 Å². The fourth-order valence-electron chi connectivity index (χ4n) is 1.99. The molecule has 0 unspecified atom stereocenters. The molecule has 0 aliphatic carbocycles. The van der Waals surface area contributed by atoms with Crippen molar-refractivity contribution in [3.63, 3.8) is 0 Å². The minimum Gasteiger partial charge on any atom is -0.356 e. The van der Waals surface area contributed by atoms with Gasteiger partial charge in [0.2, 0.25) is 0 Å². The van der Waals surface area contributed by atoms with E-state index in [0.717, 1.165) is 25.5 Å². The van der Waals surface area contributed by atoms with E-state index in [-0.39, 0.29) is 29.9 Å². The third-order valence-electron chi connectivity index (χ3n) is 3.20. The first-order chi connectivity index (χ1) is 11.3. The second-order valence-electron chi connectivity index (χ2n) is 4.91. The van der Waals surface area contributed by atoms with E-state index in [9.17, 15) is 4.79 Å². The van der Waals surface area contributed by atoms with Crippen LogP contribution in [0.25, 0.3) is 0 Å². The number of halogens is 1. The number of thiophene rings is 1. The number of carbonyl (C=O) groups is 1. The Morgan fingerprint density at radius 2 is 1.79 bits per heavy atom. The molecule has 24 heavy (non-hydrogen) atoms. The van der Waals surface area contributed by atoms with Crippen LogP contribution in [-0.4, -0.2) is 32.0 Å². The maximum atomic E-state index is 11.9. The number of carbonyl (C=O) groups excluding carboxylic acids is 1. The number of rotatable bonds is 7. The lowest BCUT2D eigenvalue weighted by Gasteiger charge is -2.11. The van der Waals surface area contributed by atoms with Crippen LogP contribution in [0.4, 0.5) is 0 Å². The Kier molecular flexibility index (Phi) is 10.1. The maximum Gasteiger partial charge on any atom is 0.251 e. The van der Waals surface area contributed by atoms with Gasteiger partial charge in [-0.05, 0) is 30.0 Å². The SMILES string of the molecule is CN=C(NCCCNC(=O)c1ccccc1)NCc1cccs1.I. The highest BCUT2D eigenvalue weighted by molar-refractivity contribution is 14.0. The molecule has 0 saturated carbocycles. The number of benzene rings is 1. The second-order valence-corrected chi connectivity index (χ2v) is 5.94. The zero-order chi connectivity index (χ0) is 16.3. The molecule has 1 heterocycles. The highest BCUT2D eigenvalue weighted by Gasteiger charge is 2.03. The van der Waals surface area contributed by atoms with Crippen LogP contribution >= 0.6 is 35.3 Å². The van der Waals surface area contributed by atoms with Crippen LogP contribution in [-0.2, 0) is 6.54 Å². The van der Waals surface area contributed by atoms with E-state index in [0.29, 0.717) is 12.1 Å². The van der Waals surface area contributed by atoms with Crippen LogP contribution in [0.1, 0.15) is 21.7 Å². The van der Waals surface area contributed by atoms with Crippen molar-refractivity contribution in [2.45, 2.75) is 13.0 Å². The number of aliphatic imine (C=N–C) groups is 1. The summed E-state index contributed by atoms with van der Waals surface area (Å²) in [5.74, 6) is 0.735. The zero-order valence-corrected chi connectivity index (χ0v) is 16.8. The minimum absolute atomic E-state index is 0. The maximum absolute atomic E-state index is 11.9. The van der Waals surface area contributed by atoms with E-state index in [1.807, 2.05) is 36.4 Å². The number of hydrogen-bond acceptors (Lipinski definition) is 3. The summed E-state index contributed by atoms with van der Waals surface area (Å²) >= 11 is 1.72. The highest BCUT2D eigenvalue weighted by Crippen LogP contribution is 2.07. The summed E-state index contributed by atoms with van der Waals surface area (Å²) in [5.41, 5.74) is 0.689. The van der Waals surface area contributed by atoms with Gasteiger partial charge in [-0.2, -0.15) is 0 Å². The number of hydrogen-bond donors (Lipinski definition) is 3. The molecule has 0 spiro atoms. The summed E-state index contributed by atoms with van der Waals surface area (Å²) in [7, 11) is 1.75. The first-order valence-corrected chi connectivity index (χ1v) is 8.47. The summed E-state index contributed by atoms with van der Waals surface area (Å²) in [6.07, 6.45) is 0.832. The van der Waals surface area contributed by atoms with Gasteiger partial charge in [0.15, 0.2) is 5.96 Å². The van der Waals surface area contributed by atoms with Gasteiger partial charge in [-0.3, -0.25) is 9.79 Å². The molecule has 1 aromatic heterocycles. The van der Waals surface area contributed by atoms with Gasteiger partial charge in [0, 0.05) is 30.6 Å². The van der Waals surface area contributed by atoms with E-state index >= 15 is 0 Å². The third kappa shape index (κ3) is 7.31. The van der Waals surface area contributed by atoms with Crippen molar-refractivity contribution in [3.05, 3.63) is 58.3 Å². The summed E-state index contributed by atoms with van der Waals surface area (Å²) in [4.78, 5) is 17.3. The molecule has 7 heteroatoms. The molecule has 3 N–H and O–H groups in total. The molecule has 5 nitrogen and oxygen atoms in total. The molecule has 2 rings (SSSR count). The topological polar surface area (TPSA) is 65.5 Å². The highest BCUT2D eigenvalue weighted by atomic mass is 127. The Morgan fingerprint density at radius 3 is 2.46 bits per heavy atom. The number of guanidine groups is 1. The van der Waals surface area contributed by atoms with Crippen molar-refractivity contribution >= 4 is 47.2 Å². The fourth-order valence-corrected chi connectivity index (χ4v) is 2.64. The quantitative estimate of drug-likeness (QED) is 0.259. The molecule has 130 valence electrons. The Morgan fingerprint density at radius 1 is 1.04 bits per heavy atom. The first kappa shape index (κ1) is 20.4. The van der Waals surface area contributed by atoms with Gasteiger partial charge >= 0.3 is 0 Å². The third-order valence-corrected chi connectivity index (χ3v) is 4.08. The normalized spacial score (nSPS) is 10.6. The van der Waals surface area contributed by atoms with Gasteiger partial charge in [-0.15, -0.1) is 35.3 Å². The average molecular weight is 458 g/mol. The molecule has 0 atom stereocenters. The number of amides is 1. The van der Waals surface area contributed by atoms with Crippen molar-refractivity contribution in [2.24, 2.45) is 4.99 Å². The van der Waals surface area contributed by atoms with Crippen LogP contribution in [0, 0.1) is 0 Å². The Labute approximate surface area is 164 Å². The molecule has 0 aliphatic rings. The van der Waals surface area contributed by atoms with Crippen molar-refractivity contribution in [2.75, 3.05) is 20.1 Å². The van der Waals surface area contributed by atoms with Crippen molar-refractivity contribution < 1.29 is 4.79 Å². The molecule has 0 saturated heterocycles. The van der Waals surface area contributed by atoms with E-state index in [1.165, 1.54) is 4.88 Å². The van der Waals surface area contributed by atoms with E-state index in [4.69, 9.17) is 0 Å². The second kappa shape index (κ2) is 11.9. The lowest BCUT2D eigenvalue weighted by atomic mass is 10.2. The lowest BCUT2D eigenvalue weighted by Crippen LogP contribution is -2.38. The number of nitrogens with one attached hydrogen (secondary N) is 3. The number of nitrogens with zero attached hydrogens (tertiary/aromatic N) is 1. The first-order valence-electron chi connectivity index (χ1n) is 7.60. The van der Waals surface area contributed by atoms with Gasteiger partial charge in [0.25, 0.3) is 5.91 Å². The molecule has 1 amide bonds. The summed E-state index contributed by atoms with van der Waals surface area (Å²) in [5, 5.41) is 11.5. The predicted octanol–water partition coefficient (Wildman–Crippen LogP) is 2.85. The molecule has 0 bridgehead atoms. The molecule has 1 aromatic carbocycles. The Hall–Kier alpha value is -1.61. The predicted molar refractivity (Wildman–Crippen MR) is 111 cm³/mol. The van der Waals surface area contributed by atoms with Crippen LogP contribution in [0.5, 0.6) is 0 Å². The molecule has 0 fully saturated rings. The largest absolute Gasteiger partial charge is 0.356 e. The average Bonchev–Trinajstić information content (AvgIpc) is 3.11. The van der Waals surface area contributed by atoms with Crippen molar-refractivity contribution in [3.8, 4) is 0 Å². The standard InChI is InChI=1S/C17H22N4OS.HI/c1-18-17(21-13-15-9-5-12-23-15)20-11-6-10-19-16(22)14-7-3-2-4-8-14;/h2-5,7-9,12H,6,10-11,13H2,1H3,(H,19,22)(H2,18,20,21);1H. The van der Waals surface area contributed by atoms with Gasteiger partial charge in [-0.25, -0.2) is 0 Å². The fraction of sp³-hybridized carbons (Fsp3) is 0.294. The Bertz CT molecular complexity index is 617. The van der Waals surface area contributed by atoms with Gasteiger partial charge in [-0.1, -0.05) is 24.3 Å². The lowest BCUT2D eigenvalue weighted by molar-refractivity contribution is 0.0953. The van der Waals surface area contributed by atoms with Crippen LogP contribution in [0.2, 0.25) is 0 Å². The van der Waals surface area contributed by atoms with E-state index in [1.54, 1.807) is 18.4 Å². The van der Waals surface area contributed by atoms with Crippen LogP contribution in [0.15, 0.2) is 52.8 Å². The van der Waals surface area contributed by atoms with Crippen molar-refractivity contribution in [1.29, 1.82) is 0 Å². The zero-order valence-electron chi connectivity index (χ0n) is 13.6. The smallest absolute Gasteiger partial charge is 0.251 e. The van der Waals surface area contributed by atoms with Crippen LogP contribution < -0.4 is 16.0 Å². The minimum atomic E-state index is -0.0363. The van der Waals surface area contributed by atoms with Gasteiger partial charge in [0.05, 0.1) is 6.54 Å². The molecular formula is C17H23IN4OS. The van der Waals surface area contributed by atoms with Gasteiger partial charge < -0.3 is 16.0 Å². The summed E-state index contributed by atoms with van der Waals surface area (Å²) in [6.45, 7) is 2.14. The van der Waals surface area contributed by atoms with Crippen LogP contribution in [0.3, 0.4) is 0 Å². The molecule has 2 aromatic rings. The summed E-state index contributed by atoms with van der Waals surface area (Å²) in [6, 6.07) is 13.4. The van der Waals surface area contributed by atoms with E-state index < -0.39 is 0 Å². The molecule has 0 radical (unpaired) electrons. The molecular weight excluding hydrogens is 435 g/mol. The monoisotopic (exact) mass is 458 g/mol. The molecule has 0 aliphatic heterocycles. The summed E-state index contributed by atoms with van der Waals surface area (Å²) < 4.78 is 0. The Balaban J connectivity index is 0.00000288.